The lowest BCUT2D eigenvalue weighted by Crippen LogP contribution is -2.01. The average molecular weight is 384 g/mol. The molecule has 0 saturated carbocycles. The third-order valence-electron chi connectivity index (χ3n) is 3.06. The Hall–Kier alpha value is -0.980. The smallest absolute Gasteiger partial charge is 0.124 e. The molecule has 2 aromatic carbocycles. The highest BCUT2D eigenvalue weighted by atomic mass is 127. The van der Waals surface area contributed by atoms with Gasteiger partial charge in [0.25, 0.3) is 0 Å². The zero-order valence-corrected chi connectivity index (χ0v) is 12.8. The number of hydrogen-bond acceptors (Lipinski definition) is 2. The first kappa shape index (κ1) is 13.0. The minimum absolute atomic E-state index is 0.282. The van der Waals surface area contributed by atoms with Crippen LogP contribution >= 0.6 is 33.9 Å². The van der Waals surface area contributed by atoms with E-state index in [9.17, 15) is 9.50 Å². The van der Waals surface area contributed by atoms with Crippen LogP contribution < -0.4 is 0 Å². The molecule has 1 atom stereocenters. The van der Waals surface area contributed by atoms with E-state index in [2.05, 4.69) is 22.6 Å². The predicted molar refractivity (Wildman–Crippen MR) is 85.0 cm³/mol. The molecule has 0 aliphatic rings. The fourth-order valence-corrected chi connectivity index (χ4v) is 3.85. The Morgan fingerprint density at radius 3 is 2.68 bits per heavy atom. The van der Waals surface area contributed by atoms with Crippen molar-refractivity contribution in [1.82, 2.24) is 0 Å². The van der Waals surface area contributed by atoms with Gasteiger partial charge in [0.2, 0.25) is 0 Å². The Labute approximate surface area is 127 Å². The van der Waals surface area contributed by atoms with E-state index in [-0.39, 0.29) is 5.82 Å². The Balaban J connectivity index is 2.10. The molecule has 0 amide bonds. The third-order valence-corrected chi connectivity index (χ3v) is 4.98. The van der Waals surface area contributed by atoms with Crippen LogP contribution in [0.2, 0.25) is 0 Å². The lowest BCUT2D eigenvalue weighted by atomic mass is 10.0. The molecule has 0 aliphatic carbocycles. The van der Waals surface area contributed by atoms with Crippen molar-refractivity contribution >= 4 is 44.0 Å². The van der Waals surface area contributed by atoms with Crippen molar-refractivity contribution in [3.63, 3.8) is 0 Å². The van der Waals surface area contributed by atoms with E-state index in [0.717, 1.165) is 24.8 Å². The van der Waals surface area contributed by atoms with Gasteiger partial charge < -0.3 is 5.11 Å². The zero-order valence-electron chi connectivity index (χ0n) is 9.81. The van der Waals surface area contributed by atoms with Crippen LogP contribution in [0, 0.1) is 9.39 Å². The number of fused-ring (bicyclic) bond motifs is 1. The van der Waals surface area contributed by atoms with E-state index in [4.69, 9.17) is 0 Å². The van der Waals surface area contributed by atoms with E-state index < -0.39 is 6.10 Å². The quantitative estimate of drug-likeness (QED) is 0.634. The second kappa shape index (κ2) is 5.19. The van der Waals surface area contributed by atoms with Gasteiger partial charge in [-0.3, -0.25) is 0 Å². The van der Waals surface area contributed by atoms with Crippen LogP contribution in [-0.4, -0.2) is 5.11 Å². The van der Waals surface area contributed by atoms with E-state index >= 15 is 0 Å². The van der Waals surface area contributed by atoms with Crippen molar-refractivity contribution in [2.24, 2.45) is 0 Å². The van der Waals surface area contributed by atoms with Crippen molar-refractivity contribution in [2.45, 2.75) is 6.10 Å². The summed E-state index contributed by atoms with van der Waals surface area (Å²) in [5.41, 5.74) is 1.62. The molecule has 96 valence electrons. The van der Waals surface area contributed by atoms with E-state index in [1.54, 1.807) is 17.4 Å². The van der Waals surface area contributed by atoms with Crippen LogP contribution in [0.3, 0.4) is 0 Å². The summed E-state index contributed by atoms with van der Waals surface area (Å²) in [7, 11) is 0. The molecule has 1 aromatic heterocycles. The zero-order chi connectivity index (χ0) is 13.4. The lowest BCUT2D eigenvalue weighted by molar-refractivity contribution is 0.221. The first-order valence-electron chi connectivity index (χ1n) is 5.76. The van der Waals surface area contributed by atoms with Crippen LogP contribution in [0.4, 0.5) is 4.39 Å². The van der Waals surface area contributed by atoms with Gasteiger partial charge in [0.15, 0.2) is 0 Å². The highest BCUT2D eigenvalue weighted by Gasteiger charge is 2.17. The number of thiophene rings is 1. The van der Waals surface area contributed by atoms with Crippen LogP contribution in [0.25, 0.3) is 10.1 Å². The Kier molecular flexibility index (Phi) is 3.56. The molecule has 1 nitrogen and oxygen atoms in total. The van der Waals surface area contributed by atoms with Crippen molar-refractivity contribution in [3.05, 3.63) is 68.4 Å². The van der Waals surface area contributed by atoms with Gasteiger partial charge in [-0.05, 0) is 57.1 Å². The Morgan fingerprint density at radius 2 is 1.89 bits per heavy atom. The molecule has 0 radical (unpaired) electrons. The minimum Gasteiger partial charge on any atom is -0.384 e. The van der Waals surface area contributed by atoms with Gasteiger partial charge in [0.1, 0.15) is 11.9 Å². The lowest BCUT2D eigenvalue weighted by Gasteiger charge is -2.12. The molecule has 1 unspecified atom stereocenters. The highest BCUT2D eigenvalue weighted by Crippen LogP contribution is 2.34. The molecule has 3 rings (SSSR count). The number of aliphatic hydroxyl groups excluding tert-OH is 1. The first-order valence-corrected chi connectivity index (χ1v) is 7.72. The Morgan fingerprint density at radius 1 is 1.11 bits per heavy atom. The number of aliphatic hydroxyl groups is 1. The summed E-state index contributed by atoms with van der Waals surface area (Å²) < 4.78 is 15.0. The summed E-state index contributed by atoms with van der Waals surface area (Å²) >= 11 is 3.66. The number of rotatable bonds is 2. The Bertz CT molecular complexity index is 738. The monoisotopic (exact) mass is 384 g/mol. The largest absolute Gasteiger partial charge is 0.384 e. The summed E-state index contributed by atoms with van der Waals surface area (Å²) in [6.07, 6.45) is -0.719. The van der Waals surface area contributed by atoms with Crippen molar-refractivity contribution in [3.8, 4) is 0 Å². The SMILES string of the molecule is OC(c1ccc(F)cc1I)c1csc2ccccc12. The van der Waals surface area contributed by atoms with Crippen molar-refractivity contribution < 1.29 is 9.50 Å². The molecule has 0 spiro atoms. The van der Waals surface area contributed by atoms with Gasteiger partial charge in [-0.25, -0.2) is 4.39 Å². The maximum Gasteiger partial charge on any atom is 0.124 e. The molecule has 0 bridgehead atoms. The molecule has 19 heavy (non-hydrogen) atoms. The molecule has 0 saturated heterocycles. The molecule has 4 heteroatoms. The molecule has 1 N–H and O–H groups in total. The van der Waals surface area contributed by atoms with Gasteiger partial charge in [-0.15, -0.1) is 11.3 Å². The van der Waals surface area contributed by atoms with Crippen molar-refractivity contribution in [2.75, 3.05) is 0 Å². The molecule has 0 aliphatic heterocycles. The summed E-state index contributed by atoms with van der Waals surface area (Å²) in [6.45, 7) is 0. The predicted octanol–water partition coefficient (Wildman–Crippen LogP) is 4.73. The third kappa shape index (κ3) is 2.40. The van der Waals surface area contributed by atoms with Gasteiger partial charge in [0, 0.05) is 13.8 Å². The summed E-state index contributed by atoms with van der Waals surface area (Å²) in [5, 5.41) is 13.6. The second-order valence-electron chi connectivity index (χ2n) is 4.26. The summed E-state index contributed by atoms with van der Waals surface area (Å²) in [5.74, 6) is -0.282. The summed E-state index contributed by atoms with van der Waals surface area (Å²) in [4.78, 5) is 0. The van der Waals surface area contributed by atoms with Crippen LogP contribution in [0.1, 0.15) is 17.2 Å². The maximum atomic E-state index is 13.1. The molecule has 1 heterocycles. The van der Waals surface area contributed by atoms with Crippen molar-refractivity contribution in [1.29, 1.82) is 0 Å². The second-order valence-corrected chi connectivity index (χ2v) is 6.33. The number of halogens is 2. The first-order chi connectivity index (χ1) is 9.16. The normalized spacial score (nSPS) is 12.8. The van der Waals surface area contributed by atoms with Gasteiger partial charge >= 0.3 is 0 Å². The molecular weight excluding hydrogens is 374 g/mol. The molecular formula is C15H10FIOS. The average Bonchev–Trinajstić information content (AvgIpc) is 2.82. The topological polar surface area (TPSA) is 20.2 Å². The fraction of sp³-hybridized carbons (Fsp3) is 0.0667. The van der Waals surface area contributed by atoms with E-state index in [1.165, 1.54) is 12.1 Å². The van der Waals surface area contributed by atoms with Gasteiger partial charge in [-0.1, -0.05) is 24.3 Å². The van der Waals surface area contributed by atoms with Gasteiger partial charge in [0.05, 0.1) is 0 Å². The fourth-order valence-electron chi connectivity index (χ4n) is 2.10. The van der Waals surface area contributed by atoms with Crippen LogP contribution in [-0.2, 0) is 0 Å². The molecule has 0 fully saturated rings. The molecule has 3 aromatic rings. The van der Waals surface area contributed by atoms with Gasteiger partial charge in [-0.2, -0.15) is 0 Å². The van der Waals surface area contributed by atoms with Crippen LogP contribution in [0.5, 0.6) is 0 Å². The van der Waals surface area contributed by atoms with E-state index in [0.29, 0.717) is 0 Å². The number of benzene rings is 2. The highest BCUT2D eigenvalue weighted by molar-refractivity contribution is 14.1. The standard InChI is InChI=1S/C15H10FIOS/c16-9-5-6-11(13(17)7-9)15(18)12-8-19-14-4-2-1-3-10(12)14/h1-8,15,18H. The minimum atomic E-state index is -0.719. The number of hydrogen-bond donors (Lipinski definition) is 1. The maximum absolute atomic E-state index is 13.1. The van der Waals surface area contributed by atoms with E-state index in [1.807, 2.05) is 29.6 Å². The van der Waals surface area contributed by atoms with Crippen LogP contribution in [0.15, 0.2) is 47.8 Å². The summed E-state index contributed by atoms with van der Waals surface area (Å²) in [6, 6.07) is 12.4.